The minimum absolute atomic E-state index is 0.415. The lowest BCUT2D eigenvalue weighted by atomic mass is 10.1. The Labute approximate surface area is 123 Å². The number of hydrogen-bond donors (Lipinski definition) is 0. The van der Waals surface area contributed by atoms with Crippen LogP contribution in [-0.2, 0) is 25.7 Å². The van der Waals surface area contributed by atoms with Crippen LogP contribution < -0.4 is 0 Å². The summed E-state index contributed by atoms with van der Waals surface area (Å²) in [7, 11) is 0. The minimum atomic E-state index is -4.49. The van der Waals surface area contributed by atoms with Crippen LogP contribution in [0.1, 0.15) is 27.7 Å². The highest BCUT2D eigenvalue weighted by atomic mass is 32.1. The number of aromatic nitrogens is 3. The summed E-state index contributed by atoms with van der Waals surface area (Å²) >= 11 is 1.57. The summed E-state index contributed by atoms with van der Waals surface area (Å²) in [5, 5.41) is 0. The van der Waals surface area contributed by atoms with Crippen LogP contribution in [0.5, 0.6) is 0 Å². The van der Waals surface area contributed by atoms with Crippen molar-refractivity contribution >= 4 is 11.3 Å². The molecule has 0 saturated carbocycles. The van der Waals surface area contributed by atoms with Crippen LogP contribution in [0.15, 0.2) is 11.7 Å². The highest BCUT2D eigenvalue weighted by molar-refractivity contribution is 7.09. The summed E-state index contributed by atoms with van der Waals surface area (Å²) < 4.78 is 38.0. The zero-order valence-electron chi connectivity index (χ0n) is 11.3. The Hall–Kier alpha value is -1.54. The first-order chi connectivity index (χ1) is 9.93. The summed E-state index contributed by atoms with van der Waals surface area (Å²) in [6.45, 7) is 3.84. The maximum atomic E-state index is 12.7. The van der Waals surface area contributed by atoms with Gasteiger partial charge < -0.3 is 0 Å². The van der Waals surface area contributed by atoms with Crippen molar-refractivity contribution in [1.82, 2.24) is 19.9 Å². The van der Waals surface area contributed by atoms with Gasteiger partial charge in [0.15, 0.2) is 0 Å². The third-order valence-corrected chi connectivity index (χ3v) is 4.41. The first-order valence-corrected chi connectivity index (χ1v) is 7.35. The molecule has 8 heteroatoms. The number of alkyl halides is 3. The van der Waals surface area contributed by atoms with Gasteiger partial charge in [0.25, 0.3) is 0 Å². The second-order valence-corrected chi connectivity index (χ2v) is 5.92. The van der Waals surface area contributed by atoms with E-state index in [4.69, 9.17) is 0 Å². The maximum absolute atomic E-state index is 12.7. The van der Waals surface area contributed by atoms with Gasteiger partial charge in [-0.3, -0.25) is 4.90 Å². The molecule has 4 nitrogen and oxygen atoms in total. The highest BCUT2D eigenvalue weighted by Gasteiger charge is 2.35. The van der Waals surface area contributed by atoms with Gasteiger partial charge in [0.2, 0.25) is 5.82 Å². The summed E-state index contributed by atoms with van der Waals surface area (Å²) in [6.07, 6.45) is -2.52. The van der Waals surface area contributed by atoms with Gasteiger partial charge in [0, 0.05) is 30.7 Å². The summed E-state index contributed by atoms with van der Waals surface area (Å²) in [5.41, 5.74) is 4.04. The van der Waals surface area contributed by atoms with E-state index >= 15 is 0 Å². The van der Waals surface area contributed by atoms with E-state index in [9.17, 15) is 13.2 Å². The van der Waals surface area contributed by atoms with E-state index in [0.717, 1.165) is 22.7 Å². The standard InChI is InChI=1S/C13H13F3N4S/c1-8-11(21-7-18-8)6-20-3-2-9-4-17-12(13(14,15)16)19-10(9)5-20/h4,7H,2-3,5-6H2,1H3. The number of nitrogens with zero attached hydrogens (tertiary/aromatic N) is 4. The van der Waals surface area contributed by atoms with Crippen LogP contribution >= 0.6 is 11.3 Å². The van der Waals surface area contributed by atoms with E-state index in [0.29, 0.717) is 25.2 Å². The van der Waals surface area contributed by atoms with Crippen molar-refractivity contribution in [3.05, 3.63) is 39.4 Å². The van der Waals surface area contributed by atoms with Crippen LogP contribution in [0.3, 0.4) is 0 Å². The van der Waals surface area contributed by atoms with Crippen LogP contribution in [0.2, 0.25) is 0 Å². The fourth-order valence-corrected chi connectivity index (χ4v) is 3.13. The topological polar surface area (TPSA) is 41.9 Å². The lowest BCUT2D eigenvalue weighted by molar-refractivity contribution is -0.145. The molecule has 0 radical (unpaired) electrons. The zero-order chi connectivity index (χ0) is 15.0. The van der Waals surface area contributed by atoms with Crippen molar-refractivity contribution < 1.29 is 13.2 Å². The zero-order valence-corrected chi connectivity index (χ0v) is 12.1. The third kappa shape index (κ3) is 3.06. The van der Waals surface area contributed by atoms with Crippen molar-refractivity contribution in [3.63, 3.8) is 0 Å². The fourth-order valence-electron chi connectivity index (χ4n) is 2.31. The molecule has 0 atom stereocenters. The molecule has 1 aliphatic heterocycles. The predicted octanol–water partition coefficient (Wildman–Crippen LogP) is 2.82. The number of aryl methyl sites for hydroxylation is 1. The number of halogens is 3. The van der Waals surface area contributed by atoms with Crippen LogP contribution in [0.25, 0.3) is 0 Å². The lowest BCUT2D eigenvalue weighted by Gasteiger charge is -2.27. The van der Waals surface area contributed by atoms with Gasteiger partial charge in [-0.15, -0.1) is 11.3 Å². The Balaban J connectivity index is 1.79. The highest BCUT2D eigenvalue weighted by Crippen LogP contribution is 2.28. The van der Waals surface area contributed by atoms with E-state index in [2.05, 4.69) is 19.9 Å². The smallest absolute Gasteiger partial charge is 0.292 e. The van der Waals surface area contributed by atoms with Gasteiger partial charge in [-0.05, 0) is 18.9 Å². The van der Waals surface area contributed by atoms with Crippen molar-refractivity contribution in [3.8, 4) is 0 Å². The molecule has 112 valence electrons. The Morgan fingerprint density at radius 1 is 1.33 bits per heavy atom. The van der Waals surface area contributed by atoms with Crippen LogP contribution in [0, 0.1) is 6.92 Å². The average molecular weight is 314 g/mol. The van der Waals surface area contributed by atoms with Gasteiger partial charge in [0.05, 0.1) is 16.9 Å². The van der Waals surface area contributed by atoms with Crippen LogP contribution in [-0.4, -0.2) is 26.4 Å². The number of hydrogen-bond acceptors (Lipinski definition) is 5. The Morgan fingerprint density at radius 2 is 2.14 bits per heavy atom. The molecule has 0 aromatic carbocycles. The summed E-state index contributed by atoms with van der Waals surface area (Å²) in [6, 6.07) is 0. The Bertz CT molecular complexity index is 653. The molecule has 0 fully saturated rings. The average Bonchev–Trinajstić information content (AvgIpc) is 2.82. The summed E-state index contributed by atoms with van der Waals surface area (Å²) in [4.78, 5) is 14.5. The van der Waals surface area contributed by atoms with Gasteiger partial charge >= 0.3 is 6.18 Å². The number of thiazole rings is 1. The van der Waals surface area contributed by atoms with Crippen LogP contribution in [0.4, 0.5) is 13.2 Å². The molecule has 0 N–H and O–H groups in total. The second kappa shape index (κ2) is 5.34. The molecule has 3 heterocycles. The van der Waals surface area contributed by atoms with Gasteiger partial charge in [0.1, 0.15) is 0 Å². The molecule has 0 bridgehead atoms. The molecular formula is C13H13F3N4S. The Kier molecular flexibility index (Phi) is 3.66. The van der Waals surface area contributed by atoms with Gasteiger partial charge in [-0.2, -0.15) is 13.2 Å². The van der Waals surface area contributed by atoms with Crippen molar-refractivity contribution in [2.75, 3.05) is 6.54 Å². The first kappa shape index (κ1) is 14.4. The monoisotopic (exact) mass is 314 g/mol. The summed E-state index contributed by atoms with van der Waals surface area (Å²) in [5.74, 6) is -1.06. The predicted molar refractivity (Wildman–Crippen MR) is 71.7 cm³/mol. The second-order valence-electron chi connectivity index (χ2n) is 4.98. The Morgan fingerprint density at radius 3 is 2.81 bits per heavy atom. The van der Waals surface area contributed by atoms with Gasteiger partial charge in [-0.25, -0.2) is 15.0 Å². The molecule has 0 saturated heterocycles. The minimum Gasteiger partial charge on any atom is -0.292 e. The molecule has 0 spiro atoms. The SMILES string of the molecule is Cc1ncsc1CN1CCc2cnc(C(F)(F)F)nc2C1. The van der Waals surface area contributed by atoms with Crippen molar-refractivity contribution in [2.45, 2.75) is 32.6 Å². The van der Waals surface area contributed by atoms with Crippen molar-refractivity contribution in [1.29, 1.82) is 0 Å². The van der Waals surface area contributed by atoms with E-state index in [1.807, 2.05) is 6.92 Å². The molecule has 0 aliphatic carbocycles. The van der Waals surface area contributed by atoms with E-state index < -0.39 is 12.0 Å². The lowest BCUT2D eigenvalue weighted by Crippen LogP contribution is -2.31. The largest absolute Gasteiger partial charge is 0.451 e. The van der Waals surface area contributed by atoms with Crippen molar-refractivity contribution in [2.24, 2.45) is 0 Å². The van der Waals surface area contributed by atoms with Gasteiger partial charge in [-0.1, -0.05) is 0 Å². The molecule has 2 aromatic heterocycles. The molecule has 0 amide bonds. The fraction of sp³-hybridized carbons (Fsp3) is 0.462. The first-order valence-electron chi connectivity index (χ1n) is 6.47. The number of fused-ring (bicyclic) bond motifs is 1. The molecule has 1 aliphatic rings. The third-order valence-electron chi connectivity index (χ3n) is 3.49. The molecule has 0 unspecified atom stereocenters. The number of rotatable bonds is 2. The molecule has 2 aromatic rings. The molecule has 3 rings (SSSR count). The van der Waals surface area contributed by atoms with E-state index in [-0.39, 0.29) is 0 Å². The molecule has 21 heavy (non-hydrogen) atoms. The quantitative estimate of drug-likeness (QED) is 0.855. The molecular weight excluding hydrogens is 301 g/mol. The van der Waals surface area contributed by atoms with E-state index in [1.54, 1.807) is 16.8 Å². The van der Waals surface area contributed by atoms with E-state index in [1.165, 1.54) is 6.20 Å². The normalized spacial score (nSPS) is 16.0. The maximum Gasteiger partial charge on any atom is 0.451 e.